The topological polar surface area (TPSA) is 20.2 Å². The van der Waals surface area contributed by atoms with Gasteiger partial charge in [-0.15, -0.1) is 0 Å². The smallest absolute Gasteiger partial charge is 0.0542 e. The first kappa shape index (κ1) is 9.96. The van der Waals surface area contributed by atoms with Crippen LogP contribution in [0.5, 0.6) is 0 Å². The molecule has 1 nitrogen and oxygen atoms in total. The molecule has 1 rings (SSSR count). The van der Waals surface area contributed by atoms with Crippen molar-refractivity contribution in [3.63, 3.8) is 0 Å². The van der Waals surface area contributed by atoms with E-state index >= 15 is 0 Å². The Kier molecular flexibility index (Phi) is 5.70. The van der Waals surface area contributed by atoms with E-state index in [0.29, 0.717) is 0 Å². The Morgan fingerprint density at radius 2 is 1.80 bits per heavy atom. The number of hydrogen-bond donors (Lipinski definition) is 1. The van der Waals surface area contributed by atoms with Crippen LogP contribution in [-0.4, -0.2) is 11.2 Å². The molecule has 1 aliphatic carbocycles. The van der Waals surface area contributed by atoms with Gasteiger partial charge >= 0.3 is 0 Å². The summed E-state index contributed by atoms with van der Waals surface area (Å²) < 4.78 is 0. The third-order valence-corrected chi connectivity index (χ3v) is 1.91. The lowest BCUT2D eigenvalue weighted by Gasteiger charge is -2.21. The molecule has 10 heavy (non-hydrogen) atoms. The molecule has 0 aromatic heterocycles. The summed E-state index contributed by atoms with van der Waals surface area (Å²) in [5.74, 6) is 0.763. The van der Waals surface area contributed by atoms with Gasteiger partial charge in [0.15, 0.2) is 0 Å². The zero-order chi connectivity index (χ0) is 7.98. The lowest BCUT2D eigenvalue weighted by Crippen LogP contribution is -2.16. The second-order valence-corrected chi connectivity index (χ2v) is 2.93. The van der Waals surface area contributed by atoms with Gasteiger partial charge in [-0.2, -0.15) is 0 Å². The van der Waals surface area contributed by atoms with Crippen LogP contribution in [0, 0.1) is 5.92 Å². The Hall–Kier alpha value is -0.0400. The minimum absolute atomic E-state index is 0.0127. The Bertz CT molecular complexity index is 63.1. The molecule has 0 amide bonds. The highest BCUT2D eigenvalue weighted by Crippen LogP contribution is 2.22. The molecule has 1 N–H and O–H groups in total. The van der Waals surface area contributed by atoms with Crippen molar-refractivity contribution < 1.29 is 5.11 Å². The van der Waals surface area contributed by atoms with Crippen LogP contribution >= 0.6 is 0 Å². The third kappa shape index (κ3) is 3.89. The molecular weight excluding hydrogens is 124 g/mol. The Balaban J connectivity index is 0.000000371. The maximum atomic E-state index is 9.08. The van der Waals surface area contributed by atoms with Crippen LogP contribution in [-0.2, 0) is 0 Å². The molecular formula is C9H20O. The molecule has 0 bridgehead atoms. The van der Waals surface area contributed by atoms with Crippen LogP contribution in [0.4, 0.5) is 0 Å². The van der Waals surface area contributed by atoms with Crippen molar-refractivity contribution in [2.45, 2.75) is 52.6 Å². The van der Waals surface area contributed by atoms with Crippen LogP contribution in [0.1, 0.15) is 46.5 Å². The van der Waals surface area contributed by atoms with Crippen molar-refractivity contribution in [1.29, 1.82) is 0 Å². The van der Waals surface area contributed by atoms with Gasteiger partial charge < -0.3 is 5.11 Å². The highest BCUT2D eigenvalue weighted by atomic mass is 16.3. The molecule has 0 radical (unpaired) electrons. The number of aliphatic hydroxyl groups is 1. The van der Waals surface area contributed by atoms with E-state index in [1.165, 1.54) is 12.8 Å². The third-order valence-electron chi connectivity index (χ3n) is 1.91. The quantitative estimate of drug-likeness (QED) is 0.554. The van der Waals surface area contributed by atoms with Gasteiger partial charge in [-0.25, -0.2) is 0 Å². The summed E-state index contributed by atoms with van der Waals surface area (Å²) in [5, 5.41) is 9.08. The van der Waals surface area contributed by atoms with Gasteiger partial charge in [0.25, 0.3) is 0 Å². The minimum Gasteiger partial charge on any atom is -0.393 e. The van der Waals surface area contributed by atoms with Crippen LogP contribution in [0.3, 0.4) is 0 Å². The molecule has 0 spiro atoms. The maximum Gasteiger partial charge on any atom is 0.0542 e. The largest absolute Gasteiger partial charge is 0.393 e. The second kappa shape index (κ2) is 5.72. The summed E-state index contributed by atoms with van der Waals surface area (Å²) in [6.07, 6.45) is 4.61. The second-order valence-electron chi connectivity index (χ2n) is 2.93. The van der Waals surface area contributed by atoms with Crippen LogP contribution in [0.2, 0.25) is 0 Å². The molecule has 0 aliphatic heterocycles. The molecule has 2 atom stereocenters. The molecule has 1 heteroatoms. The summed E-state index contributed by atoms with van der Waals surface area (Å²) in [6.45, 7) is 6.21. The van der Waals surface area contributed by atoms with E-state index in [1.807, 2.05) is 13.8 Å². The normalized spacial score (nSPS) is 32.4. The first-order valence-corrected chi connectivity index (χ1v) is 4.47. The van der Waals surface area contributed by atoms with E-state index in [2.05, 4.69) is 6.92 Å². The zero-order valence-corrected chi connectivity index (χ0v) is 7.43. The molecule has 0 heterocycles. The average Bonchev–Trinajstić information content (AvgIpc) is 1.91. The van der Waals surface area contributed by atoms with Crippen molar-refractivity contribution in [2.24, 2.45) is 5.92 Å². The van der Waals surface area contributed by atoms with Gasteiger partial charge in [0, 0.05) is 0 Å². The summed E-state index contributed by atoms with van der Waals surface area (Å²) in [4.78, 5) is 0. The van der Waals surface area contributed by atoms with Crippen molar-refractivity contribution in [3.8, 4) is 0 Å². The molecule has 1 saturated carbocycles. The van der Waals surface area contributed by atoms with E-state index in [-0.39, 0.29) is 6.10 Å². The highest BCUT2D eigenvalue weighted by molar-refractivity contribution is 4.67. The molecule has 0 aromatic carbocycles. The minimum atomic E-state index is 0.0127. The van der Waals surface area contributed by atoms with Crippen LogP contribution in [0.25, 0.3) is 0 Å². The van der Waals surface area contributed by atoms with Gasteiger partial charge in [0.2, 0.25) is 0 Å². The van der Waals surface area contributed by atoms with Crippen molar-refractivity contribution in [2.75, 3.05) is 0 Å². The lowest BCUT2D eigenvalue weighted by atomic mass is 9.89. The van der Waals surface area contributed by atoms with Crippen molar-refractivity contribution in [3.05, 3.63) is 0 Å². The summed E-state index contributed by atoms with van der Waals surface area (Å²) in [5.41, 5.74) is 0. The predicted molar refractivity (Wildman–Crippen MR) is 45.0 cm³/mol. The van der Waals surface area contributed by atoms with Crippen molar-refractivity contribution >= 4 is 0 Å². The highest BCUT2D eigenvalue weighted by Gasteiger charge is 2.15. The number of aliphatic hydroxyl groups excluding tert-OH is 1. The fraction of sp³-hybridized carbons (Fsp3) is 1.00. The van der Waals surface area contributed by atoms with E-state index in [1.54, 1.807) is 0 Å². The van der Waals surface area contributed by atoms with Crippen LogP contribution in [0.15, 0.2) is 0 Å². The van der Waals surface area contributed by atoms with Gasteiger partial charge in [0.05, 0.1) is 6.10 Å². The molecule has 0 aromatic rings. The summed E-state index contributed by atoms with van der Waals surface area (Å²) >= 11 is 0. The van der Waals surface area contributed by atoms with Gasteiger partial charge in [-0.1, -0.05) is 33.6 Å². The first-order chi connectivity index (χ1) is 4.79. The van der Waals surface area contributed by atoms with Crippen LogP contribution < -0.4 is 0 Å². The number of hydrogen-bond acceptors (Lipinski definition) is 1. The lowest BCUT2D eigenvalue weighted by molar-refractivity contribution is 0.106. The fourth-order valence-electron chi connectivity index (χ4n) is 1.40. The Morgan fingerprint density at radius 1 is 1.20 bits per heavy atom. The molecule has 2 unspecified atom stereocenters. The Morgan fingerprint density at radius 3 is 2.10 bits per heavy atom. The average molecular weight is 144 g/mol. The summed E-state index contributed by atoms with van der Waals surface area (Å²) in [7, 11) is 0. The summed E-state index contributed by atoms with van der Waals surface area (Å²) in [6, 6.07) is 0. The number of rotatable bonds is 0. The predicted octanol–water partition coefficient (Wildman–Crippen LogP) is 2.58. The molecule has 0 saturated heterocycles. The van der Waals surface area contributed by atoms with E-state index < -0.39 is 0 Å². The zero-order valence-electron chi connectivity index (χ0n) is 7.43. The van der Waals surface area contributed by atoms with E-state index in [9.17, 15) is 0 Å². The first-order valence-electron chi connectivity index (χ1n) is 4.47. The fourth-order valence-corrected chi connectivity index (χ4v) is 1.40. The van der Waals surface area contributed by atoms with Gasteiger partial charge in [-0.3, -0.25) is 0 Å². The SMILES string of the molecule is CC.CC1CCCC(O)C1. The maximum absolute atomic E-state index is 9.08. The standard InChI is InChI=1S/C7H14O.C2H6/c1-6-3-2-4-7(8)5-6;1-2/h6-8H,2-5H2,1H3;1-2H3. The molecule has 1 aliphatic rings. The van der Waals surface area contributed by atoms with Gasteiger partial charge in [-0.05, 0) is 18.8 Å². The molecule has 62 valence electrons. The van der Waals surface area contributed by atoms with E-state index in [4.69, 9.17) is 5.11 Å². The van der Waals surface area contributed by atoms with Gasteiger partial charge in [0.1, 0.15) is 0 Å². The monoisotopic (exact) mass is 144 g/mol. The molecule has 1 fully saturated rings. The Labute approximate surface area is 64.5 Å². The van der Waals surface area contributed by atoms with Crippen molar-refractivity contribution in [1.82, 2.24) is 0 Å². The van der Waals surface area contributed by atoms with E-state index in [0.717, 1.165) is 18.8 Å².